The molecular weight excluding hydrogens is 215 g/mol. The summed E-state index contributed by atoms with van der Waals surface area (Å²) in [4.78, 5) is 0. The van der Waals surface area contributed by atoms with Crippen molar-refractivity contribution >= 4 is 5.69 Å². The van der Waals surface area contributed by atoms with E-state index in [2.05, 4.69) is 5.32 Å². The first kappa shape index (κ1) is 11.6. The first-order valence-corrected chi connectivity index (χ1v) is 5.55. The molecule has 0 aliphatic rings. The smallest absolute Gasteiger partial charge is 0.146 e. The topological polar surface area (TPSA) is 38.0 Å². The minimum Gasteiger partial charge on any atom is -0.396 e. The molecule has 0 spiro atoms. The van der Waals surface area contributed by atoms with Gasteiger partial charge in [0.05, 0.1) is 5.69 Å². The van der Waals surface area contributed by atoms with Gasteiger partial charge in [-0.25, -0.2) is 4.39 Å². The number of benzene rings is 2. The lowest BCUT2D eigenvalue weighted by Gasteiger charge is -2.08. The van der Waals surface area contributed by atoms with Crippen LogP contribution in [0, 0.1) is 5.82 Å². The van der Waals surface area contributed by atoms with Crippen molar-refractivity contribution in [2.24, 2.45) is 0 Å². The minimum absolute atomic E-state index is 0.230. The summed E-state index contributed by atoms with van der Waals surface area (Å²) in [5.74, 6) is -0.357. The van der Waals surface area contributed by atoms with Crippen molar-refractivity contribution in [2.75, 3.05) is 5.73 Å². The highest BCUT2D eigenvalue weighted by Gasteiger charge is 2.03. The molecule has 0 bridgehead atoms. The van der Waals surface area contributed by atoms with Gasteiger partial charge in [0.25, 0.3) is 0 Å². The van der Waals surface area contributed by atoms with Gasteiger partial charge in [-0.2, -0.15) is 0 Å². The van der Waals surface area contributed by atoms with E-state index in [1.165, 1.54) is 11.6 Å². The van der Waals surface area contributed by atoms with Gasteiger partial charge < -0.3 is 11.1 Å². The maximum Gasteiger partial charge on any atom is 0.146 e. The monoisotopic (exact) mass is 230 g/mol. The zero-order chi connectivity index (χ0) is 12.1. The lowest BCUT2D eigenvalue weighted by atomic mass is 10.1. The zero-order valence-electron chi connectivity index (χ0n) is 9.49. The molecule has 0 saturated heterocycles. The number of nitrogens with one attached hydrogen (secondary N) is 1. The molecule has 3 heteroatoms. The van der Waals surface area contributed by atoms with Crippen LogP contribution < -0.4 is 11.1 Å². The summed E-state index contributed by atoms with van der Waals surface area (Å²) < 4.78 is 13.2. The van der Waals surface area contributed by atoms with Gasteiger partial charge in [0.15, 0.2) is 0 Å². The molecule has 2 aromatic carbocycles. The maximum atomic E-state index is 13.2. The van der Waals surface area contributed by atoms with Gasteiger partial charge in [-0.05, 0) is 17.2 Å². The van der Waals surface area contributed by atoms with Crippen molar-refractivity contribution in [3.63, 3.8) is 0 Å². The molecule has 0 atom stereocenters. The predicted molar refractivity (Wildman–Crippen MR) is 67.8 cm³/mol. The Morgan fingerprint density at radius 1 is 0.941 bits per heavy atom. The maximum absolute atomic E-state index is 13.2. The van der Waals surface area contributed by atoms with E-state index in [1.807, 2.05) is 36.4 Å². The lowest BCUT2D eigenvalue weighted by Crippen LogP contribution is -2.14. The average Bonchev–Trinajstić information content (AvgIpc) is 2.36. The number of hydrogen-bond acceptors (Lipinski definition) is 2. The van der Waals surface area contributed by atoms with E-state index in [-0.39, 0.29) is 11.5 Å². The molecule has 2 nitrogen and oxygen atoms in total. The molecule has 0 saturated carbocycles. The van der Waals surface area contributed by atoms with Crippen LogP contribution in [-0.4, -0.2) is 0 Å². The van der Waals surface area contributed by atoms with E-state index < -0.39 is 0 Å². The third kappa shape index (κ3) is 3.04. The number of hydrogen-bond donors (Lipinski definition) is 2. The van der Waals surface area contributed by atoms with E-state index in [0.29, 0.717) is 6.54 Å². The molecule has 2 aromatic rings. The Bertz CT molecular complexity index is 483. The summed E-state index contributed by atoms with van der Waals surface area (Å²) in [7, 11) is 0. The zero-order valence-corrected chi connectivity index (χ0v) is 9.49. The summed E-state index contributed by atoms with van der Waals surface area (Å²) in [6.07, 6.45) is 0. The Morgan fingerprint density at radius 2 is 1.71 bits per heavy atom. The summed E-state index contributed by atoms with van der Waals surface area (Å²) in [6, 6.07) is 14.9. The molecule has 2 rings (SSSR count). The van der Waals surface area contributed by atoms with Gasteiger partial charge in [-0.1, -0.05) is 42.5 Å². The minimum atomic E-state index is -0.357. The van der Waals surface area contributed by atoms with E-state index in [4.69, 9.17) is 5.73 Å². The van der Waals surface area contributed by atoms with Crippen LogP contribution in [0.2, 0.25) is 0 Å². The number of halogens is 1. The Hall–Kier alpha value is -1.87. The summed E-state index contributed by atoms with van der Waals surface area (Å²) in [5, 5.41) is 3.24. The molecule has 0 heterocycles. The fourth-order valence-electron chi connectivity index (χ4n) is 1.67. The molecule has 88 valence electrons. The molecule has 0 aliphatic heterocycles. The van der Waals surface area contributed by atoms with Crippen LogP contribution in [0.4, 0.5) is 10.1 Å². The first-order chi connectivity index (χ1) is 8.27. The van der Waals surface area contributed by atoms with Crippen molar-refractivity contribution in [3.8, 4) is 0 Å². The highest BCUT2D eigenvalue weighted by atomic mass is 19.1. The normalized spacial score (nSPS) is 10.4. The van der Waals surface area contributed by atoms with Gasteiger partial charge >= 0.3 is 0 Å². The van der Waals surface area contributed by atoms with Crippen LogP contribution in [0.15, 0.2) is 48.5 Å². The molecule has 0 aliphatic carbocycles. The lowest BCUT2D eigenvalue weighted by molar-refractivity contribution is 0.626. The molecular formula is C14H15FN2. The van der Waals surface area contributed by atoms with Crippen molar-refractivity contribution < 1.29 is 4.39 Å². The third-order valence-corrected chi connectivity index (χ3v) is 2.63. The number of rotatable bonds is 4. The van der Waals surface area contributed by atoms with Crippen molar-refractivity contribution in [2.45, 2.75) is 13.1 Å². The van der Waals surface area contributed by atoms with Crippen molar-refractivity contribution in [1.82, 2.24) is 5.32 Å². The average molecular weight is 230 g/mol. The van der Waals surface area contributed by atoms with Crippen LogP contribution in [0.5, 0.6) is 0 Å². The summed E-state index contributed by atoms with van der Waals surface area (Å²) in [5.41, 5.74) is 7.87. The Morgan fingerprint density at radius 3 is 2.47 bits per heavy atom. The Labute approximate surface area is 100 Å². The van der Waals surface area contributed by atoms with E-state index >= 15 is 0 Å². The quantitative estimate of drug-likeness (QED) is 0.792. The van der Waals surface area contributed by atoms with Gasteiger partial charge in [0.2, 0.25) is 0 Å². The second-order valence-electron chi connectivity index (χ2n) is 3.90. The fourth-order valence-corrected chi connectivity index (χ4v) is 1.67. The fraction of sp³-hybridized carbons (Fsp3) is 0.143. The van der Waals surface area contributed by atoms with E-state index in [1.54, 1.807) is 6.07 Å². The van der Waals surface area contributed by atoms with Gasteiger partial charge in [-0.15, -0.1) is 0 Å². The van der Waals surface area contributed by atoms with E-state index in [0.717, 1.165) is 12.1 Å². The highest BCUT2D eigenvalue weighted by molar-refractivity contribution is 5.47. The summed E-state index contributed by atoms with van der Waals surface area (Å²) in [6.45, 7) is 1.31. The predicted octanol–water partition coefficient (Wildman–Crippen LogP) is 2.70. The van der Waals surface area contributed by atoms with Crippen LogP contribution in [0.1, 0.15) is 11.1 Å². The van der Waals surface area contributed by atoms with Crippen molar-refractivity contribution in [1.29, 1.82) is 0 Å². The van der Waals surface area contributed by atoms with Crippen LogP contribution >= 0.6 is 0 Å². The molecule has 0 fully saturated rings. The Balaban J connectivity index is 1.93. The second kappa shape index (κ2) is 5.46. The number of nitrogens with two attached hydrogens (primary N) is 1. The number of anilines is 1. The number of para-hydroxylation sites is 1. The molecule has 0 amide bonds. The first-order valence-electron chi connectivity index (χ1n) is 5.55. The van der Waals surface area contributed by atoms with E-state index in [9.17, 15) is 4.39 Å². The Kier molecular flexibility index (Phi) is 3.73. The molecule has 3 N–H and O–H groups in total. The van der Waals surface area contributed by atoms with Gasteiger partial charge in [0.1, 0.15) is 5.82 Å². The molecule has 0 aromatic heterocycles. The molecule has 0 radical (unpaired) electrons. The SMILES string of the molecule is Nc1c(F)cccc1CNCc1ccccc1. The van der Waals surface area contributed by atoms with Crippen molar-refractivity contribution in [3.05, 3.63) is 65.5 Å². The van der Waals surface area contributed by atoms with Crippen LogP contribution in [0.3, 0.4) is 0 Å². The van der Waals surface area contributed by atoms with Crippen LogP contribution in [0.25, 0.3) is 0 Å². The largest absolute Gasteiger partial charge is 0.396 e. The number of nitrogen functional groups attached to an aromatic ring is 1. The second-order valence-corrected chi connectivity index (χ2v) is 3.90. The highest BCUT2D eigenvalue weighted by Crippen LogP contribution is 2.15. The van der Waals surface area contributed by atoms with Gasteiger partial charge in [0, 0.05) is 13.1 Å². The molecule has 17 heavy (non-hydrogen) atoms. The standard InChI is InChI=1S/C14H15FN2/c15-13-8-4-7-12(14(13)16)10-17-9-11-5-2-1-3-6-11/h1-8,17H,9-10,16H2. The third-order valence-electron chi connectivity index (χ3n) is 2.63. The van der Waals surface area contributed by atoms with Crippen LogP contribution in [-0.2, 0) is 13.1 Å². The summed E-state index contributed by atoms with van der Waals surface area (Å²) >= 11 is 0. The van der Waals surface area contributed by atoms with Gasteiger partial charge in [-0.3, -0.25) is 0 Å². The molecule has 0 unspecified atom stereocenters.